The molecule has 0 saturated carbocycles. The van der Waals surface area contributed by atoms with Crippen molar-refractivity contribution in [3.63, 3.8) is 0 Å². The molecule has 2 nitrogen and oxygen atoms in total. The third-order valence-electron chi connectivity index (χ3n) is 1.76. The van der Waals surface area contributed by atoms with E-state index in [4.69, 9.17) is 5.73 Å². The average molecular weight is 169 g/mol. The summed E-state index contributed by atoms with van der Waals surface area (Å²) in [6.45, 7) is -0.173. The van der Waals surface area contributed by atoms with Gasteiger partial charge in [0.05, 0.1) is 0 Å². The number of halogens is 1. The monoisotopic (exact) mass is 169 g/mol. The molecule has 1 aromatic carbocycles. The van der Waals surface area contributed by atoms with E-state index in [1.807, 2.05) is 0 Å². The van der Waals surface area contributed by atoms with Crippen LogP contribution in [0.5, 0.6) is 5.75 Å². The number of nitrogens with two attached hydrogens (primary N) is 1. The topological polar surface area (TPSA) is 46.2 Å². The highest BCUT2D eigenvalue weighted by atomic mass is 19.1. The van der Waals surface area contributed by atoms with Gasteiger partial charge in [-0.3, -0.25) is 0 Å². The zero-order valence-corrected chi connectivity index (χ0v) is 6.76. The van der Waals surface area contributed by atoms with Crippen molar-refractivity contribution < 1.29 is 9.50 Å². The van der Waals surface area contributed by atoms with Gasteiger partial charge in [-0.15, -0.1) is 0 Å². The SMILES string of the molecule is NCCc1cccc(CF)c1O. The van der Waals surface area contributed by atoms with Gasteiger partial charge >= 0.3 is 0 Å². The van der Waals surface area contributed by atoms with Gasteiger partial charge in [0.1, 0.15) is 12.4 Å². The molecule has 0 bridgehead atoms. The number of hydrogen-bond acceptors (Lipinski definition) is 2. The number of phenols is 1. The van der Waals surface area contributed by atoms with Crippen LogP contribution in [-0.4, -0.2) is 11.7 Å². The predicted octanol–water partition coefficient (Wildman–Crippen LogP) is 1.36. The maximum Gasteiger partial charge on any atom is 0.124 e. The predicted molar refractivity (Wildman–Crippen MR) is 45.7 cm³/mol. The maximum absolute atomic E-state index is 12.2. The van der Waals surface area contributed by atoms with Crippen molar-refractivity contribution in [2.75, 3.05) is 6.54 Å². The van der Waals surface area contributed by atoms with Crippen LogP contribution in [0.15, 0.2) is 18.2 Å². The van der Waals surface area contributed by atoms with E-state index in [1.54, 1.807) is 18.2 Å². The molecule has 0 aliphatic rings. The molecule has 12 heavy (non-hydrogen) atoms. The fraction of sp³-hybridized carbons (Fsp3) is 0.333. The number of alkyl halides is 1. The normalized spacial score (nSPS) is 10.2. The van der Waals surface area contributed by atoms with Gasteiger partial charge in [-0.1, -0.05) is 18.2 Å². The first-order valence-corrected chi connectivity index (χ1v) is 3.85. The van der Waals surface area contributed by atoms with Crippen LogP contribution in [0.25, 0.3) is 0 Å². The second kappa shape index (κ2) is 4.07. The zero-order valence-electron chi connectivity index (χ0n) is 6.76. The Bertz CT molecular complexity index is 263. The Labute approximate surface area is 70.8 Å². The number of rotatable bonds is 3. The maximum atomic E-state index is 12.2. The second-order valence-electron chi connectivity index (χ2n) is 2.60. The fourth-order valence-electron chi connectivity index (χ4n) is 1.11. The molecule has 0 aliphatic carbocycles. The molecule has 66 valence electrons. The van der Waals surface area contributed by atoms with Crippen molar-refractivity contribution in [2.24, 2.45) is 5.73 Å². The molecule has 3 N–H and O–H groups in total. The third-order valence-corrected chi connectivity index (χ3v) is 1.76. The van der Waals surface area contributed by atoms with Crippen LogP contribution in [0, 0.1) is 0 Å². The standard InChI is InChI=1S/C9H12FNO/c10-6-8-3-1-2-7(4-5-11)9(8)12/h1-3,12H,4-6,11H2. The minimum absolute atomic E-state index is 0.0467. The Kier molecular flexibility index (Phi) is 3.05. The van der Waals surface area contributed by atoms with E-state index < -0.39 is 6.67 Å². The van der Waals surface area contributed by atoms with Crippen LogP contribution in [0.3, 0.4) is 0 Å². The number of hydrogen-bond donors (Lipinski definition) is 2. The molecule has 0 radical (unpaired) electrons. The quantitative estimate of drug-likeness (QED) is 0.717. The van der Waals surface area contributed by atoms with Crippen LogP contribution in [0.4, 0.5) is 4.39 Å². The highest BCUT2D eigenvalue weighted by Crippen LogP contribution is 2.23. The molecule has 0 amide bonds. The number of phenolic OH excluding ortho intramolecular Hbond substituents is 1. The van der Waals surface area contributed by atoms with Gasteiger partial charge in [-0.05, 0) is 18.5 Å². The molecule has 3 heteroatoms. The van der Waals surface area contributed by atoms with Crippen molar-refractivity contribution in [3.8, 4) is 5.75 Å². The summed E-state index contributed by atoms with van der Waals surface area (Å²) in [5.74, 6) is 0.0467. The highest BCUT2D eigenvalue weighted by Gasteiger charge is 2.04. The smallest absolute Gasteiger partial charge is 0.124 e. The minimum atomic E-state index is -0.635. The van der Waals surface area contributed by atoms with E-state index in [-0.39, 0.29) is 5.75 Å². The Balaban J connectivity index is 2.97. The first-order valence-electron chi connectivity index (χ1n) is 3.85. The highest BCUT2D eigenvalue weighted by molar-refractivity contribution is 5.40. The Morgan fingerprint density at radius 3 is 2.58 bits per heavy atom. The molecular formula is C9H12FNO. The third kappa shape index (κ3) is 1.74. The van der Waals surface area contributed by atoms with Crippen molar-refractivity contribution >= 4 is 0 Å². The first kappa shape index (κ1) is 9.00. The van der Waals surface area contributed by atoms with Crippen molar-refractivity contribution in [1.82, 2.24) is 0 Å². The van der Waals surface area contributed by atoms with E-state index in [9.17, 15) is 9.50 Å². The molecule has 0 saturated heterocycles. The summed E-state index contributed by atoms with van der Waals surface area (Å²) >= 11 is 0. The molecule has 0 aliphatic heterocycles. The van der Waals surface area contributed by atoms with Gasteiger partial charge in [-0.2, -0.15) is 0 Å². The lowest BCUT2D eigenvalue weighted by atomic mass is 10.1. The van der Waals surface area contributed by atoms with Crippen molar-refractivity contribution in [2.45, 2.75) is 13.1 Å². The van der Waals surface area contributed by atoms with Gasteiger partial charge in [0, 0.05) is 5.56 Å². The van der Waals surface area contributed by atoms with E-state index in [1.165, 1.54) is 0 Å². The Morgan fingerprint density at radius 2 is 2.00 bits per heavy atom. The lowest BCUT2D eigenvalue weighted by Crippen LogP contribution is -2.03. The molecule has 0 spiro atoms. The minimum Gasteiger partial charge on any atom is -0.507 e. The van der Waals surface area contributed by atoms with Gasteiger partial charge < -0.3 is 10.8 Å². The van der Waals surface area contributed by atoms with Crippen LogP contribution >= 0.6 is 0 Å². The van der Waals surface area contributed by atoms with Crippen molar-refractivity contribution in [1.29, 1.82) is 0 Å². The number of aromatic hydroxyl groups is 1. The summed E-state index contributed by atoms with van der Waals surface area (Å²) in [4.78, 5) is 0. The van der Waals surface area contributed by atoms with Gasteiger partial charge in [0.25, 0.3) is 0 Å². The lowest BCUT2D eigenvalue weighted by molar-refractivity contribution is 0.428. The van der Waals surface area contributed by atoms with Crippen LogP contribution in [0.1, 0.15) is 11.1 Å². The molecule has 0 unspecified atom stereocenters. The number of para-hydroxylation sites is 1. The molecule has 1 rings (SSSR count). The first-order chi connectivity index (χ1) is 5.79. The Morgan fingerprint density at radius 1 is 1.33 bits per heavy atom. The van der Waals surface area contributed by atoms with Gasteiger partial charge in [0.2, 0.25) is 0 Å². The molecule has 0 aromatic heterocycles. The number of benzene rings is 1. The molecule has 1 aromatic rings. The zero-order chi connectivity index (χ0) is 8.97. The molecular weight excluding hydrogens is 157 g/mol. The van der Waals surface area contributed by atoms with E-state index in [0.717, 1.165) is 0 Å². The summed E-state index contributed by atoms with van der Waals surface area (Å²) in [5, 5.41) is 9.42. The van der Waals surface area contributed by atoms with Crippen LogP contribution in [0.2, 0.25) is 0 Å². The van der Waals surface area contributed by atoms with Crippen LogP contribution in [-0.2, 0) is 13.1 Å². The van der Waals surface area contributed by atoms with E-state index >= 15 is 0 Å². The summed E-state index contributed by atoms with van der Waals surface area (Å²) in [7, 11) is 0. The van der Waals surface area contributed by atoms with Gasteiger partial charge in [0.15, 0.2) is 0 Å². The summed E-state index contributed by atoms with van der Waals surface area (Å²) < 4.78 is 12.2. The summed E-state index contributed by atoms with van der Waals surface area (Å²) in [5.41, 5.74) is 6.37. The van der Waals surface area contributed by atoms with Gasteiger partial charge in [-0.25, -0.2) is 4.39 Å². The summed E-state index contributed by atoms with van der Waals surface area (Å²) in [6.07, 6.45) is 0.583. The average Bonchev–Trinajstić information content (AvgIpc) is 2.09. The van der Waals surface area contributed by atoms with E-state index in [2.05, 4.69) is 0 Å². The molecule has 0 atom stereocenters. The second-order valence-corrected chi connectivity index (χ2v) is 2.60. The lowest BCUT2D eigenvalue weighted by Gasteiger charge is -2.05. The summed E-state index contributed by atoms with van der Waals surface area (Å²) in [6, 6.07) is 5.04. The Hall–Kier alpha value is -1.09. The van der Waals surface area contributed by atoms with Crippen LogP contribution < -0.4 is 5.73 Å². The molecule has 0 heterocycles. The van der Waals surface area contributed by atoms with E-state index in [0.29, 0.717) is 24.1 Å². The fourth-order valence-corrected chi connectivity index (χ4v) is 1.11. The molecule has 0 fully saturated rings. The van der Waals surface area contributed by atoms with Crippen molar-refractivity contribution in [3.05, 3.63) is 29.3 Å². The largest absolute Gasteiger partial charge is 0.507 e.